The molecule has 0 unspecified atom stereocenters. The first-order valence-electron chi connectivity index (χ1n) is 11.7. The fraction of sp³-hybridized carbons (Fsp3) is 0.138. The van der Waals surface area contributed by atoms with Gasteiger partial charge in [-0.2, -0.15) is 0 Å². The number of carbonyl (C=O) groups excluding carboxylic acids is 1. The van der Waals surface area contributed by atoms with Gasteiger partial charge in [0.1, 0.15) is 5.69 Å². The molecule has 172 valence electrons. The minimum atomic E-state index is -0.202. The maximum absolute atomic E-state index is 13.4. The number of aryl methyl sites for hydroxylation is 1. The highest BCUT2D eigenvalue weighted by molar-refractivity contribution is 6.02. The lowest BCUT2D eigenvalue weighted by Gasteiger charge is -2.12. The molecule has 0 saturated heterocycles. The summed E-state index contributed by atoms with van der Waals surface area (Å²) < 4.78 is 0. The number of pyridine rings is 2. The molecule has 3 aromatic heterocycles. The standard InChI is InChI=1S/C29H25N5O/c1-2-5-19-8-10-20(11-9-19)26-18-33-29(30)28(34-26)27(35)16-21-17-31-14-12-22(21)23-13-15-32-25-7-4-3-6-24(23)25/h3-4,6-15,17-18H,2,5,16H2,1H3,(H2,30,33). The molecule has 6 heteroatoms. The van der Waals surface area contributed by atoms with E-state index in [0.29, 0.717) is 5.69 Å². The van der Waals surface area contributed by atoms with Gasteiger partial charge in [-0.05, 0) is 46.9 Å². The number of para-hydroxylation sites is 1. The van der Waals surface area contributed by atoms with Gasteiger partial charge in [0.2, 0.25) is 0 Å². The summed E-state index contributed by atoms with van der Waals surface area (Å²) in [6.07, 6.45) is 9.07. The molecule has 35 heavy (non-hydrogen) atoms. The second-order valence-electron chi connectivity index (χ2n) is 8.44. The fourth-order valence-electron chi connectivity index (χ4n) is 4.29. The van der Waals surface area contributed by atoms with Crippen molar-refractivity contribution in [3.8, 4) is 22.4 Å². The van der Waals surface area contributed by atoms with Crippen LogP contribution in [0, 0.1) is 0 Å². The van der Waals surface area contributed by atoms with E-state index in [1.807, 2.05) is 48.5 Å². The molecule has 0 aliphatic heterocycles. The van der Waals surface area contributed by atoms with Gasteiger partial charge in [-0.25, -0.2) is 9.97 Å². The molecule has 0 radical (unpaired) electrons. The summed E-state index contributed by atoms with van der Waals surface area (Å²) in [5.74, 6) is -0.0757. The first kappa shape index (κ1) is 22.3. The van der Waals surface area contributed by atoms with E-state index < -0.39 is 0 Å². The molecule has 0 aliphatic rings. The lowest BCUT2D eigenvalue weighted by molar-refractivity contribution is 0.0989. The third-order valence-electron chi connectivity index (χ3n) is 6.05. The van der Waals surface area contributed by atoms with E-state index in [1.54, 1.807) is 24.8 Å². The Morgan fingerprint density at radius 3 is 2.51 bits per heavy atom. The van der Waals surface area contributed by atoms with Gasteiger partial charge >= 0.3 is 0 Å². The number of nitrogens with two attached hydrogens (primary N) is 1. The van der Waals surface area contributed by atoms with E-state index in [4.69, 9.17) is 5.73 Å². The number of fused-ring (bicyclic) bond motifs is 1. The molecule has 0 saturated carbocycles. The van der Waals surface area contributed by atoms with Crippen molar-refractivity contribution in [2.45, 2.75) is 26.2 Å². The molecule has 5 aromatic rings. The Morgan fingerprint density at radius 1 is 0.886 bits per heavy atom. The molecule has 0 fully saturated rings. The van der Waals surface area contributed by atoms with Crippen LogP contribution in [0.25, 0.3) is 33.3 Å². The molecule has 2 aromatic carbocycles. The molecule has 2 N–H and O–H groups in total. The molecule has 0 aliphatic carbocycles. The summed E-state index contributed by atoms with van der Waals surface area (Å²) in [6.45, 7) is 2.15. The van der Waals surface area contributed by atoms with Crippen LogP contribution in [0.15, 0.2) is 85.5 Å². The van der Waals surface area contributed by atoms with E-state index >= 15 is 0 Å². The summed E-state index contributed by atoms with van der Waals surface area (Å²) in [4.78, 5) is 31.0. The van der Waals surface area contributed by atoms with Crippen LogP contribution in [-0.4, -0.2) is 25.7 Å². The van der Waals surface area contributed by atoms with Crippen LogP contribution in [0.5, 0.6) is 0 Å². The molecular formula is C29H25N5O. The van der Waals surface area contributed by atoms with Crippen LogP contribution in [-0.2, 0) is 12.8 Å². The van der Waals surface area contributed by atoms with Crippen molar-refractivity contribution >= 4 is 22.5 Å². The van der Waals surface area contributed by atoms with Crippen LogP contribution in [0.3, 0.4) is 0 Å². The topological polar surface area (TPSA) is 94.7 Å². The Morgan fingerprint density at radius 2 is 1.69 bits per heavy atom. The lowest BCUT2D eigenvalue weighted by Crippen LogP contribution is -2.12. The van der Waals surface area contributed by atoms with Gasteiger partial charge in [0.25, 0.3) is 0 Å². The third-order valence-corrected chi connectivity index (χ3v) is 6.05. The number of aromatic nitrogens is 4. The monoisotopic (exact) mass is 459 g/mol. The van der Waals surface area contributed by atoms with Crippen molar-refractivity contribution in [1.29, 1.82) is 0 Å². The maximum Gasteiger partial charge on any atom is 0.189 e. The highest BCUT2D eigenvalue weighted by Crippen LogP contribution is 2.30. The van der Waals surface area contributed by atoms with Crippen molar-refractivity contribution in [3.05, 3.63) is 102 Å². The molecule has 0 bridgehead atoms. The zero-order chi connectivity index (χ0) is 24.2. The second-order valence-corrected chi connectivity index (χ2v) is 8.44. The fourth-order valence-corrected chi connectivity index (χ4v) is 4.29. The van der Waals surface area contributed by atoms with E-state index in [0.717, 1.165) is 46.0 Å². The quantitative estimate of drug-likeness (QED) is 0.313. The lowest BCUT2D eigenvalue weighted by atomic mass is 9.95. The predicted molar refractivity (Wildman–Crippen MR) is 139 cm³/mol. The van der Waals surface area contributed by atoms with Crippen LogP contribution in [0.1, 0.15) is 35.0 Å². The third kappa shape index (κ3) is 4.64. The molecule has 6 nitrogen and oxygen atoms in total. The summed E-state index contributed by atoms with van der Waals surface area (Å²) >= 11 is 0. The normalized spacial score (nSPS) is 11.0. The van der Waals surface area contributed by atoms with Gasteiger partial charge < -0.3 is 5.73 Å². The van der Waals surface area contributed by atoms with Gasteiger partial charge in [-0.1, -0.05) is 55.8 Å². The first-order chi connectivity index (χ1) is 17.1. The highest BCUT2D eigenvalue weighted by Gasteiger charge is 2.18. The van der Waals surface area contributed by atoms with Gasteiger partial charge in [-0.3, -0.25) is 14.8 Å². The number of hydrogen-bond acceptors (Lipinski definition) is 6. The Hall–Kier alpha value is -4.45. The summed E-state index contributed by atoms with van der Waals surface area (Å²) in [5, 5.41) is 1.02. The number of rotatable bonds is 7. The average Bonchev–Trinajstić information content (AvgIpc) is 2.90. The SMILES string of the molecule is CCCc1ccc(-c2cnc(N)c(C(=O)Cc3cnccc3-c3ccnc4ccccc34)n2)cc1. The first-order valence-corrected chi connectivity index (χ1v) is 11.7. The van der Waals surface area contributed by atoms with Crippen molar-refractivity contribution in [1.82, 2.24) is 19.9 Å². The predicted octanol–water partition coefficient (Wildman–Crippen LogP) is 5.71. The number of anilines is 1. The van der Waals surface area contributed by atoms with Gasteiger partial charge in [0.05, 0.1) is 17.4 Å². The van der Waals surface area contributed by atoms with Gasteiger partial charge in [0.15, 0.2) is 11.6 Å². The number of nitrogen functional groups attached to an aromatic ring is 1. The molecular weight excluding hydrogens is 434 g/mol. The van der Waals surface area contributed by atoms with Crippen molar-refractivity contribution in [3.63, 3.8) is 0 Å². The molecule has 5 rings (SSSR count). The van der Waals surface area contributed by atoms with Crippen LogP contribution in [0.2, 0.25) is 0 Å². The van der Waals surface area contributed by atoms with Crippen molar-refractivity contribution in [2.75, 3.05) is 5.73 Å². The number of carbonyl (C=O) groups is 1. The van der Waals surface area contributed by atoms with E-state index in [-0.39, 0.29) is 23.7 Å². The minimum Gasteiger partial charge on any atom is -0.382 e. The number of benzene rings is 2. The molecule has 0 atom stereocenters. The summed E-state index contributed by atoms with van der Waals surface area (Å²) in [6, 6.07) is 20.0. The van der Waals surface area contributed by atoms with Crippen molar-refractivity contribution in [2.24, 2.45) is 0 Å². The van der Waals surface area contributed by atoms with Crippen LogP contribution in [0.4, 0.5) is 5.82 Å². The number of Topliss-reactive ketones (excluding diaryl/α,β-unsaturated/α-hetero) is 1. The van der Waals surface area contributed by atoms with Crippen LogP contribution < -0.4 is 5.73 Å². The minimum absolute atomic E-state index is 0.109. The average molecular weight is 460 g/mol. The Bertz CT molecular complexity index is 1510. The Balaban J connectivity index is 1.48. The van der Waals surface area contributed by atoms with Gasteiger partial charge in [0, 0.05) is 36.0 Å². The van der Waals surface area contributed by atoms with Gasteiger partial charge in [-0.15, -0.1) is 0 Å². The number of hydrogen-bond donors (Lipinski definition) is 1. The molecule has 3 heterocycles. The second kappa shape index (κ2) is 9.81. The largest absolute Gasteiger partial charge is 0.382 e. The molecule has 0 spiro atoms. The summed E-state index contributed by atoms with van der Waals surface area (Å²) in [7, 11) is 0. The highest BCUT2D eigenvalue weighted by atomic mass is 16.1. The number of ketones is 1. The Labute approximate surface area is 203 Å². The van der Waals surface area contributed by atoms with E-state index in [1.165, 1.54) is 5.56 Å². The van der Waals surface area contributed by atoms with Crippen molar-refractivity contribution < 1.29 is 4.79 Å². The maximum atomic E-state index is 13.4. The zero-order valence-electron chi connectivity index (χ0n) is 19.5. The van der Waals surface area contributed by atoms with E-state index in [9.17, 15) is 4.79 Å². The van der Waals surface area contributed by atoms with E-state index in [2.05, 4.69) is 39.0 Å². The molecule has 0 amide bonds. The zero-order valence-corrected chi connectivity index (χ0v) is 19.5. The number of nitrogens with zero attached hydrogens (tertiary/aromatic N) is 4. The van der Waals surface area contributed by atoms with Crippen LogP contribution >= 0.6 is 0 Å². The Kier molecular flexibility index (Phi) is 6.26. The summed E-state index contributed by atoms with van der Waals surface area (Å²) in [5.41, 5.74) is 12.7. The smallest absolute Gasteiger partial charge is 0.189 e.